The highest BCUT2D eigenvalue weighted by molar-refractivity contribution is 6.30. The van der Waals surface area contributed by atoms with Crippen LogP contribution in [0, 0.1) is 0 Å². The molecular formula is C20H17ClN4O2. The van der Waals surface area contributed by atoms with Gasteiger partial charge in [0.2, 0.25) is 0 Å². The molecule has 0 spiro atoms. The molecule has 136 valence electrons. The number of benzene rings is 2. The molecule has 4 rings (SSSR count). The second-order valence-electron chi connectivity index (χ2n) is 5.82. The van der Waals surface area contributed by atoms with Gasteiger partial charge in [-0.15, -0.1) is 0 Å². The highest BCUT2D eigenvalue weighted by Crippen LogP contribution is 2.36. The summed E-state index contributed by atoms with van der Waals surface area (Å²) in [5.41, 5.74) is 3.31. The van der Waals surface area contributed by atoms with Crippen molar-refractivity contribution in [3.8, 4) is 22.8 Å². The fourth-order valence-corrected chi connectivity index (χ4v) is 3.01. The third kappa shape index (κ3) is 3.27. The summed E-state index contributed by atoms with van der Waals surface area (Å²) in [4.78, 5) is 8.91. The number of aromatic nitrogens is 3. The molecule has 0 saturated carbocycles. The first-order valence-electron chi connectivity index (χ1n) is 8.26. The molecule has 2 heterocycles. The van der Waals surface area contributed by atoms with E-state index in [4.69, 9.17) is 26.1 Å². The summed E-state index contributed by atoms with van der Waals surface area (Å²) in [7, 11) is 3.23. The Morgan fingerprint density at radius 3 is 2.52 bits per heavy atom. The summed E-state index contributed by atoms with van der Waals surface area (Å²) in [5.74, 6) is 2.13. The van der Waals surface area contributed by atoms with E-state index in [0.29, 0.717) is 16.5 Å². The highest BCUT2D eigenvalue weighted by Gasteiger charge is 2.16. The fraction of sp³-hybridized carbons (Fsp3) is 0.100. The second kappa shape index (κ2) is 7.17. The molecule has 2 aromatic heterocycles. The first-order valence-corrected chi connectivity index (χ1v) is 8.64. The van der Waals surface area contributed by atoms with Gasteiger partial charge in [-0.2, -0.15) is 0 Å². The molecule has 2 aromatic carbocycles. The zero-order valence-corrected chi connectivity index (χ0v) is 15.6. The maximum atomic E-state index is 6.00. The minimum absolute atomic E-state index is 0.641. The number of halogens is 1. The molecule has 0 atom stereocenters. The smallest absolute Gasteiger partial charge is 0.161 e. The lowest BCUT2D eigenvalue weighted by Crippen LogP contribution is -1.97. The summed E-state index contributed by atoms with van der Waals surface area (Å²) >= 11 is 6.00. The standard InChI is InChI=1S/C20H17ClN4O2/c1-26-16-8-3-13(11-17(16)27-2)19-20(23-15-6-4-14(21)5-7-15)25-10-9-22-12-18(25)24-19/h3-12,23H,1-2H3. The lowest BCUT2D eigenvalue weighted by molar-refractivity contribution is 0.355. The van der Waals surface area contributed by atoms with Crippen LogP contribution < -0.4 is 14.8 Å². The molecule has 27 heavy (non-hydrogen) atoms. The van der Waals surface area contributed by atoms with Crippen molar-refractivity contribution in [1.82, 2.24) is 14.4 Å². The van der Waals surface area contributed by atoms with Crippen molar-refractivity contribution in [3.63, 3.8) is 0 Å². The topological polar surface area (TPSA) is 60.7 Å². The first kappa shape index (κ1) is 17.2. The maximum Gasteiger partial charge on any atom is 0.161 e. The zero-order valence-electron chi connectivity index (χ0n) is 14.8. The summed E-state index contributed by atoms with van der Waals surface area (Å²) < 4.78 is 12.7. The molecule has 0 amide bonds. The van der Waals surface area contributed by atoms with Gasteiger partial charge in [0, 0.05) is 28.7 Å². The van der Waals surface area contributed by atoms with Crippen molar-refractivity contribution in [3.05, 3.63) is 66.1 Å². The van der Waals surface area contributed by atoms with Crippen LogP contribution in [0.3, 0.4) is 0 Å². The number of ether oxygens (including phenoxy) is 2. The van der Waals surface area contributed by atoms with Gasteiger partial charge in [-0.25, -0.2) is 4.98 Å². The largest absolute Gasteiger partial charge is 0.493 e. The van der Waals surface area contributed by atoms with Gasteiger partial charge < -0.3 is 14.8 Å². The van der Waals surface area contributed by atoms with Crippen LogP contribution >= 0.6 is 11.6 Å². The molecule has 0 bridgehead atoms. The molecular weight excluding hydrogens is 364 g/mol. The first-order chi connectivity index (χ1) is 13.2. The number of anilines is 2. The van der Waals surface area contributed by atoms with Gasteiger partial charge in [-0.1, -0.05) is 11.6 Å². The average molecular weight is 381 g/mol. The molecule has 0 saturated heterocycles. The van der Waals surface area contributed by atoms with Crippen LogP contribution in [0.5, 0.6) is 11.5 Å². The molecule has 0 aliphatic carbocycles. The highest BCUT2D eigenvalue weighted by atomic mass is 35.5. The molecule has 0 fully saturated rings. The summed E-state index contributed by atoms with van der Waals surface area (Å²) in [6.07, 6.45) is 5.31. The third-order valence-corrected chi connectivity index (χ3v) is 4.45. The predicted molar refractivity (Wildman–Crippen MR) is 106 cm³/mol. The van der Waals surface area contributed by atoms with Crippen molar-refractivity contribution < 1.29 is 9.47 Å². The number of rotatable bonds is 5. The van der Waals surface area contributed by atoms with Crippen molar-refractivity contribution in [1.29, 1.82) is 0 Å². The van der Waals surface area contributed by atoms with Crippen LogP contribution in [0.1, 0.15) is 0 Å². The number of hydrogen-bond donors (Lipinski definition) is 1. The Morgan fingerprint density at radius 2 is 1.78 bits per heavy atom. The van der Waals surface area contributed by atoms with Crippen LogP contribution in [0.15, 0.2) is 61.1 Å². The van der Waals surface area contributed by atoms with Crippen LogP contribution in [0.2, 0.25) is 5.02 Å². The molecule has 0 radical (unpaired) electrons. The Balaban J connectivity index is 1.86. The molecule has 6 nitrogen and oxygen atoms in total. The van der Waals surface area contributed by atoms with E-state index in [0.717, 1.165) is 28.4 Å². The van der Waals surface area contributed by atoms with E-state index in [-0.39, 0.29) is 0 Å². The Morgan fingerprint density at radius 1 is 1.00 bits per heavy atom. The maximum absolute atomic E-state index is 6.00. The quantitative estimate of drug-likeness (QED) is 0.538. The minimum Gasteiger partial charge on any atom is -0.493 e. The predicted octanol–water partition coefficient (Wildman–Crippen LogP) is 4.81. The number of imidazole rings is 1. The summed E-state index contributed by atoms with van der Waals surface area (Å²) in [6.45, 7) is 0. The van der Waals surface area contributed by atoms with Crippen molar-refractivity contribution in [2.75, 3.05) is 19.5 Å². The lowest BCUT2D eigenvalue weighted by atomic mass is 10.1. The summed E-state index contributed by atoms with van der Waals surface area (Å²) in [6, 6.07) is 13.2. The SMILES string of the molecule is COc1ccc(-c2nc3cnccn3c2Nc2ccc(Cl)cc2)cc1OC. The van der Waals surface area contributed by atoms with Crippen molar-refractivity contribution in [2.45, 2.75) is 0 Å². The fourth-order valence-electron chi connectivity index (χ4n) is 2.88. The van der Waals surface area contributed by atoms with Gasteiger partial charge in [0.15, 0.2) is 17.1 Å². The van der Waals surface area contributed by atoms with Gasteiger partial charge in [0.25, 0.3) is 0 Å². The van der Waals surface area contributed by atoms with Gasteiger partial charge >= 0.3 is 0 Å². The zero-order chi connectivity index (χ0) is 18.8. The lowest BCUT2D eigenvalue weighted by Gasteiger charge is -2.11. The van der Waals surface area contributed by atoms with Gasteiger partial charge in [-0.3, -0.25) is 9.38 Å². The Labute approximate surface area is 161 Å². The van der Waals surface area contributed by atoms with Gasteiger partial charge in [0.05, 0.1) is 20.4 Å². The summed E-state index contributed by atoms with van der Waals surface area (Å²) in [5, 5.41) is 4.11. The van der Waals surface area contributed by atoms with E-state index in [9.17, 15) is 0 Å². The molecule has 4 aromatic rings. The van der Waals surface area contributed by atoms with E-state index in [1.165, 1.54) is 0 Å². The minimum atomic E-state index is 0.641. The Kier molecular flexibility index (Phi) is 4.56. The Bertz CT molecular complexity index is 1090. The van der Waals surface area contributed by atoms with E-state index in [2.05, 4.69) is 10.3 Å². The van der Waals surface area contributed by atoms with Crippen molar-refractivity contribution >= 4 is 28.8 Å². The van der Waals surface area contributed by atoms with Crippen LogP contribution in [-0.2, 0) is 0 Å². The number of methoxy groups -OCH3 is 2. The molecule has 0 aliphatic heterocycles. The Hall–Kier alpha value is -3.25. The average Bonchev–Trinajstić information content (AvgIpc) is 3.07. The number of nitrogens with one attached hydrogen (secondary N) is 1. The van der Waals surface area contributed by atoms with E-state index in [1.54, 1.807) is 26.6 Å². The van der Waals surface area contributed by atoms with Gasteiger partial charge in [0.1, 0.15) is 11.5 Å². The molecule has 1 N–H and O–H groups in total. The second-order valence-corrected chi connectivity index (χ2v) is 6.25. The number of nitrogens with zero attached hydrogens (tertiary/aromatic N) is 3. The van der Waals surface area contributed by atoms with Crippen LogP contribution in [0.25, 0.3) is 16.9 Å². The third-order valence-electron chi connectivity index (χ3n) is 4.19. The number of fused-ring (bicyclic) bond motifs is 1. The normalized spacial score (nSPS) is 10.8. The molecule has 0 aliphatic rings. The van der Waals surface area contributed by atoms with Gasteiger partial charge in [-0.05, 0) is 42.5 Å². The molecule has 7 heteroatoms. The number of hydrogen-bond acceptors (Lipinski definition) is 5. The monoisotopic (exact) mass is 380 g/mol. The van der Waals surface area contributed by atoms with Crippen molar-refractivity contribution in [2.24, 2.45) is 0 Å². The van der Waals surface area contributed by atoms with E-state index >= 15 is 0 Å². The van der Waals surface area contributed by atoms with E-state index < -0.39 is 0 Å². The van der Waals surface area contributed by atoms with E-state index in [1.807, 2.05) is 53.1 Å². The van der Waals surface area contributed by atoms with Crippen LogP contribution in [-0.4, -0.2) is 28.6 Å². The molecule has 0 unspecified atom stereocenters. The van der Waals surface area contributed by atoms with Crippen LogP contribution in [0.4, 0.5) is 11.5 Å².